The SMILES string of the molecule is C[C@@H]1CC[C@H](O[Si](C)(C)C(C)(C)C)C1. The minimum atomic E-state index is -1.50. The van der Waals surface area contributed by atoms with Crippen molar-refractivity contribution in [2.24, 2.45) is 5.92 Å². The van der Waals surface area contributed by atoms with Crippen LogP contribution in [0, 0.1) is 5.92 Å². The van der Waals surface area contributed by atoms with Crippen molar-refractivity contribution in [2.75, 3.05) is 0 Å². The molecule has 0 aliphatic heterocycles. The van der Waals surface area contributed by atoms with Crippen LogP contribution < -0.4 is 0 Å². The maximum atomic E-state index is 6.37. The first-order chi connectivity index (χ1) is 6.22. The highest BCUT2D eigenvalue weighted by Gasteiger charge is 2.40. The summed E-state index contributed by atoms with van der Waals surface area (Å²) < 4.78 is 6.37. The molecule has 0 amide bonds. The summed E-state index contributed by atoms with van der Waals surface area (Å²) in [5.41, 5.74) is 0. The molecular weight excluding hydrogens is 188 g/mol. The zero-order valence-corrected chi connectivity index (χ0v) is 11.7. The minimum absolute atomic E-state index is 0.360. The highest BCUT2D eigenvalue weighted by molar-refractivity contribution is 6.74. The van der Waals surface area contributed by atoms with Crippen molar-refractivity contribution in [3.63, 3.8) is 0 Å². The van der Waals surface area contributed by atoms with Crippen LogP contribution in [0.25, 0.3) is 0 Å². The highest BCUT2D eigenvalue weighted by Crippen LogP contribution is 2.40. The van der Waals surface area contributed by atoms with E-state index < -0.39 is 8.32 Å². The van der Waals surface area contributed by atoms with Crippen LogP contribution in [0.3, 0.4) is 0 Å². The molecule has 14 heavy (non-hydrogen) atoms. The normalized spacial score (nSPS) is 29.6. The molecule has 1 saturated carbocycles. The van der Waals surface area contributed by atoms with E-state index in [-0.39, 0.29) is 0 Å². The van der Waals surface area contributed by atoms with Crippen molar-refractivity contribution in [3.8, 4) is 0 Å². The van der Waals surface area contributed by atoms with Gasteiger partial charge in [0.1, 0.15) is 0 Å². The summed E-state index contributed by atoms with van der Waals surface area (Å²) in [6.45, 7) is 14.0. The summed E-state index contributed by atoms with van der Waals surface area (Å²) in [6.07, 6.45) is 4.49. The van der Waals surface area contributed by atoms with Crippen LogP contribution in [0.4, 0.5) is 0 Å². The zero-order valence-electron chi connectivity index (χ0n) is 10.7. The van der Waals surface area contributed by atoms with Gasteiger partial charge in [0.2, 0.25) is 0 Å². The Kier molecular flexibility index (Phi) is 3.48. The van der Waals surface area contributed by atoms with Gasteiger partial charge in [-0.1, -0.05) is 27.7 Å². The van der Waals surface area contributed by atoms with Crippen molar-refractivity contribution in [2.45, 2.75) is 71.2 Å². The topological polar surface area (TPSA) is 9.23 Å². The molecule has 0 saturated heterocycles. The lowest BCUT2D eigenvalue weighted by Crippen LogP contribution is -2.43. The average Bonchev–Trinajstić information content (AvgIpc) is 2.31. The zero-order chi connectivity index (χ0) is 11.0. The molecule has 1 fully saturated rings. The lowest BCUT2D eigenvalue weighted by molar-refractivity contribution is 0.184. The second-order valence-electron chi connectivity index (χ2n) is 6.42. The van der Waals surface area contributed by atoms with Gasteiger partial charge in [-0.2, -0.15) is 0 Å². The van der Waals surface area contributed by atoms with Gasteiger partial charge in [-0.25, -0.2) is 0 Å². The van der Waals surface area contributed by atoms with Crippen LogP contribution in [0.2, 0.25) is 18.1 Å². The number of hydrogen-bond acceptors (Lipinski definition) is 1. The van der Waals surface area contributed by atoms with Gasteiger partial charge in [0.15, 0.2) is 8.32 Å². The van der Waals surface area contributed by atoms with Crippen LogP contribution in [0.15, 0.2) is 0 Å². The van der Waals surface area contributed by atoms with Crippen LogP contribution in [0.5, 0.6) is 0 Å². The average molecular weight is 214 g/mol. The van der Waals surface area contributed by atoms with Crippen molar-refractivity contribution in [1.82, 2.24) is 0 Å². The van der Waals surface area contributed by atoms with Crippen molar-refractivity contribution in [3.05, 3.63) is 0 Å². The molecule has 1 nitrogen and oxygen atoms in total. The molecule has 0 spiro atoms. The first-order valence-corrected chi connectivity index (χ1v) is 8.81. The Morgan fingerprint density at radius 2 is 1.71 bits per heavy atom. The van der Waals surface area contributed by atoms with Gasteiger partial charge in [-0.05, 0) is 43.3 Å². The Morgan fingerprint density at radius 3 is 2.07 bits per heavy atom. The molecule has 0 unspecified atom stereocenters. The van der Waals surface area contributed by atoms with Gasteiger partial charge in [0.05, 0.1) is 0 Å². The Balaban J connectivity index is 2.51. The first-order valence-electron chi connectivity index (χ1n) is 5.90. The molecule has 2 atom stereocenters. The quantitative estimate of drug-likeness (QED) is 0.626. The molecule has 0 N–H and O–H groups in total. The van der Waals surface area contributed by atoms with Crippen LogP contribution in [-0.2, 0) is 4.43 Å². The monoisotopic (exact) mass is 214 g/mol. The second-order valence-corrected chi connectivity index (χ2v) is 11.2. The number of hydrogen-bond donors (Lipinski definition) is 0. The van der Waals surface area contributed by atoms with Crippen molar-refractivity contribution in [1.29, 1.82) is 0 Å². The first kappa shape index (κ1) is 12.2. The predicted molar refractivity (Wildman–Crippen MR) is 65.1 cm³/mol. The summed E-state index contributed by atoms with van der Waals surface area (Å²) in [4.78, 5) is 0. The molecule has 0 bridgehead atoms. The van der Waals surface area contributed by atoms with Crippen LogP contribution in [0.1, 0.15) is 47.0 Å². The standard InChI is InChI=1S/C12H26OSi/c1-10-7-8-11(9-10)13-14(5,6)12(2,3)4/h10-11H,7-9H2,1-6H3/t10-,11+/m1/s1. The predicted octanol–water partition coefficient (Wildman–Crippen LogP) is 4.20. The highest BCUT2D eigenvalue weighted by atomic mass is 28.4. The Labute approximate surface area is 90.4 Å². The van der Waals surface area contributed by atoms with E-state index in [2.05, 4.69) is 40.8 Å². The molecule has 84 valence electrons. The molecule has 1 rings (SSSR count). The fraction of sp³-hybridized carbons (Fsp3) is 1.00. The Bertz CT molecular complexity index is 193. The molecule has 0 aromatic rings. The fourth-order valence-electron chi connectivity index (χ4n) is 1.86. The van der Waals surface area contributed by atoms with E-state index in [4.69, 9.17) is 4.43 Å². The summed E-state index contributed by atoms with van der Waals surface area (Å²) >= 11 is 0. The smallest absolute Gasteiger partial charge is 0.192 e. The van der Waals surface area contributed by atoms with E-state index in [9.17, 15) is 0 Å². The molecule has 0 aromatic carbocycles. The second kappa shape index (κ2) is 3.97. The summed E-state index contributed by atoms with van der Waals surface area (Å²) in [5, 5.41) is 0.360. The van der Waals surface area contributed by atoms with E-state index in [0.717, 1.165) is 5.92 Å². The van der Waals surface area contributed by atoms with Gasteiger partial charge in [0, 0.05) is 6.10 Å². The summed E-state index contributed by atoms with van der Waals surface area (Å²) in [5.74, 6) is 0.879. The van der Waals surface area contributed by atoms with Crippen molar-refractivity contribution >= 4 is 8.32 Å². The maximum Gasteiger partial charge on any atom is 0.192 e. The van der Waals surface area contributed by atoms with Gasteiger partial charge in [0.25, 0.3) is 0 Å². The van der Waals surface area contributed by atoms with E-state index in [1.165, 1.54) is 19.3 Å². The van der Waals surface area contributed by atoms with Crippen molar-refractivity contribution < 1.29 is 4.43 Å². The molecule has 0 heterocycles. The largest absolute Gasteiger partial charge is 0.414 e. The van der Waals surface area contributed by atoms with Gasteiger partial charge < -0.3 is 4.43 Å². The van der Waals surface area contributed by atoms with Crippen LogP contribution >= 0.6 is 0 Å². The van der Waals surface area contributed by atoms with Gasteiger partial charge in [-0.3, -0.25) is 0 Å². The third-order valence-electron chi connectivity index (χ3n) is 3.91. The lowest BCUT2D eigenvalue weighted by atomic mass is 10.1. The Hall–Kier alpha value is 0.177. The summed E-state index contributed by atoms with van der Waals surface area (Å²) in [7, 11) is -1.50. The van der Waals surface area contributed by atoms with E-state index in [1.807, 2.05) is 0 Å². The molecule has 2 heteroatoms. The molecule has 0 aromatic heterocycles. The van der Waals surface area contributed by atoms with E-state index in [1.54, 1.807) is 0 Å². The summed E-state index contributed by atoms with van der Waals surface area (Å²) in [6, 6.07) is 0. The fourth-order valence-corrected chi connectivity index (χ4v) is 3.26. The molecule has 1 aliphatic rings. The van der Waals surface area contributed by atoms with Gasteiger partial charge >= 0.3 is 0 Å². The number of rotatable bonds is 2. The maximum absolute atomic E-state index is 6.37. The lowest BCUT2D eigenvalue weighted by Gasteiger charge is -2.38. The Morgan fingerprint density at radius 1 is 1.14 bits per heavy atom. The van der Waals surface area contributed by atoms with Crippen LogP contribution in [-0.4, -0.2) is 14.4 Å². The minimum Gasteiger partial charge on any atom is -0.414 e. The third kappa shape index (κ3) is 2.83. The molecule has 1 aliphatic carbocycles. The van der Waals surface area contributed by atoms with E-state index >= 15 is 0 Å². The third-order valence-corrected chi connectivity index (χ3v) is 8.45. The molecule has 0 radical (unpaired) electrons. The van der Waals surface area contributed by atoms with Gasteiger partial charge in [-0.15, -0.1) is 0 Å². The molecular formula is C12H26OSi. The van der Waals surface area contributed by atoms with E-state index in [0.29, 0.717) is 11.1 Å².